The maximum Gasteiger partial charge on any atom is 0.168 e. The molecular weight excluding hydrogens is 359 g/mol. The number of nitrogens with zero attached hydrogens (tertiary/aromatic N) is 4. The van der Waals surface area contributed by atoms with Crippen molar-refractivity contribution in [2.75, 3.05) is 14.2 Å². The molecule has 0 aliphatic rings. The van der Waals surface area contributed by atoms with Crippen molar-refractivity contribution in [1.29, 1.82) is 0 Å². The summed E-state index contributed by atoms with van der Waals surface area (Å²) in [6, 6.07) is 8.95. The Morgan fingerprint density at radius 2 is 1.89 bits per heavy atom. The summed E-state index contributed by atoms with van der Waals surface area (Å²) in [5.41, 5.74) is 4.57. The smallest absolute Gasteiger partial charge is 0.168 e. The zero-order chi connectivity index (χ0) is 19.7. The number of fused-ring (bicyclic) bond motifs is 1. The largest absolute Gasteiger partial charge is 0.497 e. The number of hydrogen-bond donors (Lipinski definition) is 0. The fourth-order valence-corrected chi connectivity index (χ4v) is 3.10. The first-order valence-corrected chi connectivity index (χ1v) is 8.72. The first-order chi connectivity index (χ1) is 13.6. The van der Waals surface area contributed by atoms with Crippen molar-refractivity contribution < 1.29 is 13.9 Å². The van der Waals surface area contributed by atoms with E-state index in [9.17, 15) is 4.39 Å². The number of methoxy groups -OCH3 is 2. The van der Waals surface area contributed by atoms with E-state index in [0.717, 1.165) is 27.9 Å². The van der Waals surface area contributed by atoms with Gasteiger partial charge in [0.1, 0.15) is 5.75 Å². The Bertz CT molecular complexity index is 1160. The lowest BCUT2D eigenvalue weighted by Gasteiger charge is -2.11. The van der Waals surface area contributed by atoms with Gasteiger partial charge in [-0.05, 0) is 29.3 Å². The minimum Gasteiger partial charge on any atom is -0.497 e. The summed E-state index contributed by atoms with van der Waals surface area (Å²) >= 11 is 0. The van der Waals surface area contributed by atoms with Crippen molar-refractivity contribution in [2.24, 2.45) is 7.05 Å². The molecule has 0 amide bonds. The van der Waals surface area contributed by atoms with Gasteiger partial charge in [-0.25, -0.2) is 9.37 Å². The summed E-state index contributed by atoms with van der Waals surface area (Å²) in [6.45, 7) is 0. The summed E-state index contributed by atoms with van der Waals surface area (Å²) in [6.07, 6.45) is 5.74. The molecule has 6 nitrogen and oxygen atoms in total. The van der Waals surface area contributed by atoms with Crippen molar-refractivity contribution >= 4 is 11.0 Å². The topological polar surface area (TPSA) is 62.1 Å². The minimum absolute atomic E-state index is 0.161. The highest BCUT2D eigenvalue weighted by molar-refractivity contribution is 5.77. The van der Waals surface area contributed by atoms with Crippen LogP contribution in [0.5, 0.6) is 11.5 Å². The van der Waals surface area contributed by atoms with Gasteiger partial charge in [-0.2, -0.15) is 5.10 Å². The van der Waals surface area contributed by atoms with E-state index in [4.69, 9.17) is 14.5 Å². The van der Waals surface area contributed by atoms with Crippen LogP contribution in [0.3, 0.4) is 0 Å². The Morgan fingerprint density at radius 1 is 1.04 bits per heavy atom. The molecule has 28 heavy (non-hydrogen) atoms. The molecule has 4 aromatic rings. The average molecular weight is 378 g/mol. The van der Waals surface area contributed by atoms with E-state index in [0.29, 0.717) is 17.7 Å². The summed E-state index contributed by atoms with van der Waals surface area (Å²) < 4.78 is 26.7. The number of ether oxygens (including phenoxy) is 2. The SMILES string of the molecule is COc1cc(Cc2ccc3ncc(-c4cnn(C)c4)nc3c2)c(F)c(OC)c1. The van der Waals surface area contributed by atoms with E-state index in [1.165, 1.54) is 13.2 Å². The number of aromatic nitrogens is 4. The van der Waals surface area contributed by atoms with Crippen molar-refractivity contribution in [3.05, 3.63) is 65.9 Å². The molecule has 0 aliphatic heterocycles. The second-order valence-electron chi connectivity index (χ2n) is 6.46. The third-order valence-corrected chi connectivity index (χ3v) is 4.55. The van der Waals surface area contributed by atoms with Crippen LogP contribution in [0, 0.1) is 5.82 Å². The van der Waals surface area contributed by atoms with Crippen LogP contribution in [0.15, 0.2) is 48.9 Å². The van der Waals surface area contributed by atoms with Gasteiger partial charge in [0.15, 0.2) is 11.6 Å². The summed E-state index contributed by atoms with van der Waals surface area (Å²) in [5, 5.41) is 4.17. The number of halogens is 1. The Hall–Kier alpha value is -3.48. The molecule has 0 saturated heterocycles. The number of hydrogen-bond acceptors (Lipinski definition) is 5. The van der Waals surface area contributed by atoms with Gasteiger partial charge in [-0.3, -0.25) is 9.67 Å². The molecule has 0 N–H and O–H groups in total. The van der Waals surface area contributed by atoms with Crippen LogP contribution in [-0.2, 0) is 13.5 Å². The van der Waals surface area contributed by atoms with Gasteiger partial charge in [0, 0.05) is 31.3 Å². The van der Waals surface area contributed by atoms with Crippen LogP contribution in [0.1, 0.15) is 11.1 Å². The third kappa shape index (κ3) is 3.38. The normalized spacial score (nSPS) is 11.0. The molecule has 0 unspecified atom stereocenters. The molecule has 0 atom stereocenters. The van der Waals surface area contributed by atoms with E-state index < -0.39 is 5.82 Å². The Morgan fingerprint density at radius 3 is 2.61 bits per heavy atom. The maximum absolute atomic E-state index is 14.7. The lowest BCUT2D eigenvalue weighted by atomic mass is 10.0. The van der Waals surface area contributed by atoms with Crippen LogP contribution in [-0.4, -0.2) is 34.0 Å². The lowest BCUT2D eigenvalue weighted by molar-refractivity contribution is 0.371. The Labute approximate surface area is 161 Å². The second-order valence-corrected chi connectivity index (χ2v) is 6.46. The van der Waals surface area contributed by atoms with Crippen LogP contribution < -0.4 is 9.47 Å². The predicted molar refractivity (Wildman–Crippen MR) is 104 cm³/mol. The highest BCUT2D eigenvalue weighted by atomic mass is 19.1. The van der Waals surface area contributed by atoms with Gasteiger partial charge >= 0.3 is 0 Å². The first-order valence-electron chi connectivity index (χ1n) is 8.72. The molecule has 0 fully saturated rings. The predicted octanol–water partition coefficient (Wildman–Crippen LogP) is 3.78. The zero-order valence-corrected chi connectivity index (χ0v) is 15.8. The Kier molecular flexibility index (Phi) is 4.65. The monoisotopic (exact) mass is 378 g/mol. The van der Waals surface area contributed by atoms with E-state index in [1.807, 2.05) is 31.4 Å². The molecular formula is C21H19FN4O2. The lowest BCUT2D eigenvalue weighted by Crippen LogP contribution is -1.99. The molecule has 7 heteroatoms. The highest BCUT2D eigenvalue weighted by Crippen LogP contribution is 2.29. The van der Waals surface area contributed by atoms with E-state index in [-0.39, 0.29) is 5.75 Å². The van der Waals surface area contributed by atoms with Crippen molar-refractivity contribution in [1.82, 2.24) is 19.7 Å². The third-order valence-electron chi connectivity index (χ3n) is 4.55. The molecule has 0 radical (unpaired) electrons. The van der Waals surface area contributed by atoms with Gasteiger partial charge in [0.05, 0.1) is 43.3 Å². The fraction of sp³-hybridized carbons (Fsp3) is 0.190. The number of rotatable bonds is 5. The van der Waals surface area contributed by atoms with Crippen LogP contribution in [0.4, 0.5) is 4.39 Å². The molecule has 0 bridgehead atoms. The molecule has 0 spiro atoms. The summed E-state index contributed by atoms with van der Waals surface area (Å²) in [5.74, 6) is 0.320. The highest BCUT2D eigenvalue weighted by Gasteiger charge is 2.13. The standard InChI is InChI=1S/C21H19FN4O2/c1-26-12-15(10-24-26)19-11-23-17-5-4-13(7-18(17)25-19)6-14-8-16(27-2)9-20(28-3)21(14)22/h4-5,7-12H,6H2,1-3H3. The number of aryl methyl sites for hydroxylation is 1. The van der Waals surface area contributed by atoms with Gasteiger partial charge in [-0.15, -0.1) is 0 Å². The maximum atomic E-state index is 14.7. The molecule has 4 rings (SSSR count). The van der Waals surface area contributed by atoms with Gasteiger partial charge < -0.3 is 9.47 Å². The first kappa shape index (κ1) is 17.9. The molecule has 2 aromatic heterocycles. The van der Waals surface area contributed by atoms with E-state index >= 15 is 0 Å². The second kappa shape index (κ2) is 7.26. The van der Waals surface area contributed by atoms with Gasteiger partial charge in [0.2, 0.25) is 0 Å². The molecule has 142 valence electrons. The number of benzene rings is 2. The van der Waals surface area contributed by atoms with Crippen molar-refractivity contribution in [3.8, 4) is 22.8 Å². The van der Waals surface area contributed by atoms with Crippen LogP contribution in [0.25, 0.3) is 22.3 Å². The summed E-state index contributed by atoms with van der Waals surface area (Å²) in [7, 11) is 4.84. The fourth-order valence-electron chi connectivity index (χ4n) is 3.10. The summed E-state index contributed by atoms with van der Waals surface area (Å²) in [4.78, 5) is 9.17. The van der Waals surface area contributed by atoms with Crippen molar-refractivity contribution in [3.63, 3.8) is 0 Å². The van der Waals surface area contributed by atoms with Gasteiger partial charge in [0.25, 0.3) is 0 Å². The van der Waals surface area contributed by atoms with E-state index in [2.05, 4.69) is 10.1 Å². The zero-order valence-electron chi connectivity index (χ0n) is 15.8. The average Bonchev–Trinajstić information content (AvgIpc) is 3.15. The quantitative estimate of drug-likeness (QED) is 0.529. The minimum atomic E-state index is -0.390. The molecule has 0 saturated carbocycles. The Balaban J connectivity index is 1.72. The van der Waals surface area contributed by atoms with E-state index in [1.54, 1.807) is 30.3 Å². The van der Waals surface area contributed by atoms with Crippen LogP contribution in [0.2, 0.25) is 0 Å². The van der Waals surface area contributed by atoms with Gasteiger partial charge in [-0.1, -0.05) is 6.07 Å². The molecule has 0 aliphatic carbocycles. The van der Waals surface area contributed by atoms with Crippen molar-refractivity contribution in [2.45, 2.75) is 6.42 Å². The van der Waals surface area contributed by atoms with Crippen LogP contribution >= 0.6 is 0 Å². The molecule has 2 aromatic carbocycles. The molecule has 2 heterocycles.